The van der Waals surface area contributed by atoms with Gasteiger partial charge in [0, 0.05) is 45.3 Å². The van der Waals surface area contributed by atoms with Crippen molar-refractivity contribution in [1.82, 2.24) is 15.1 Å². The highest BCUT2D eigenvalue weighted by molar-refractivity contribution is 4.82. The number of likely N-dealkylation sites (N-methyl/N-ethyl adjacent to an activating group) is 1. The van der Waals surface area contributed by atoms with Crippen molar-refractivity contribution in [2.75, 3.05) is 45.8 Å². The molecule has 0 aromatic carbocycles. The molecule has 0 amide bonds. The number of β-amino-alcohol motifs (C(OH)–C–C–N with tert-alkyl or cyclic N) is 1. The Morgan fingerprint density at radius 3 is 2.44 bits per heavy atom. The summed E-state index contributed by atoms with van der Waals surface area (Å²) >= 11 is 0. The van der Waals surface area contributed by atoms with Gasteiger partial charge >= 0.3 is 0 Å². The Balaban J connectivity index is 1.63. The van der Waals surface area contributed by atoms with E-state index in [9.17, 15) is 5.11 Å². The zero-order valence-electron chi connectivity index (χ0n) is 11.8. The minimum atomic E-state index is -0.219. The molecule has 1 saturated carbocycles. The molecule has 1 aliphatic carbocycles. The number of rotatable bonds is 6. The van der Waals surface area contributed by atoms with Crippen LogP contribution in [-0.4, -0.2) is 72.9 Å². The molecule has 0 aromatic rings. The van der Waals surface area contributed by atoms with Crippen LogP contribution >= 0.6 is 0 Å². The molecule has 2 rings (SSSR count). The highest BCUT2D eigenvalue weighted by Crippen LogP contribution is 2.24. The van der Waals surface area contributed by atoms with Gasteiger partial charge in [0.05, 0.1) is 6.10 Å². The second kappa shape index (κ2) is 7.43. The van der Waals surface area contributed by atoms with Crippen LogP contribution in [0.3, 0.4) is 0 Å². The lowest BCUT2D eigenvalue weighted by molar-refractivity contribution is 0.0575. The predicted octanol–water partition coefficient (Wildman–Crippen LogP) is 0.517. The topological polar surface area (TPSA) is 38.7 Å². The van der Waals surface area contributed by atoms with Crippen LogP contribution in [0.5, 0.6) is 0 Å². The Morgan fingerprint density at radius 2 is 1.83 bits per heavy atom. The van der Waals surface area contributed by atoms with Gasteiger partial charge in [0.15, 0.2) is 0 Å². The van der Waals surface area contributed by atoms with E-state index in [-0.39, 0.29) is 6.10 Å². The number of hydrogen-bond donors (Lipinski definition) is 2. The number of nitrogens with one attached hydrogen (secondary N) is 1. The lowest BCUT2D eigenvalue weighted by Gasteiger charge is -2.38. The SMILES string of the molecule is CCNCC(O)CN1CCN(C2CCCC2)CC1. The average molecular weight is 255 g/mol. The van der Waals surface area contributed by atoms with Crippen LogP contribution in [0.1, 0.15) is 32.6 Å². The van der Waals surface area contributed by atoms with Gasteiger partial charge < -0.3 is 10.4 Å². The summed E-state index contributed by atoms with van der Waals surface area (Å²) in [6.45, 7) is 9.20. The molecule has 1 unspecified atom stereocenters. The number of aliphatic hydroxyl groups excluding tert-OH is 1. The molecule has 2 N–H and O–H groups in total. The van der Waals surface area contributed by atoms with E-state index < -0.39 is 0 Å². The number of nitrogens with zero attached hydrogens (tertiary/aromatic N) is 2. The van der Waals surface area contributed by atoms with Gasteiger partial charge in [-0.15, -0.1) is 0 Å². The van der Waals surface area contributed by atoms with E-state index >= 15 is 0 Å². The predicted molar refractivity (Wildman–Crippen MR) is 74.8 cm³/mol. The standard InChI is InChI=1S/C14H29N3O/c1-2-15-11-14(18)12-16-7-9-17(10-8-16)13-5-3-4-6-13/h13-15,18H,2-12H2,1H3. The monoisotopic (exact) mass is 255 g/mol. The van der Waals surface area contributed by atoms with Crippen molar-refractivity contribution in [3.63, 3.8) is 0 Å². The average Bonchev–Trinajstić information content (AvgIpc) is 2.91. The summed E-state index contributed by atoms with van der Waals surface area (Å²) in [7, 11) is 0. The van der Waals surface area contributed by atoms with Crippen molar-refractivity contribution < 1.29 is 5.11 Å². The summed E-state index contributed by atoms with van der Waals surface area (Å²) in [6, 6.07) is 0.860. The Bertz CT molecular complexity index is 223. The lowest BCUT2D eigenvalue weighted by Crippen LogP contribution is -2.52. The van der Waals surface area contributed by atoms with Gasteiger partial charge in [-0.2, -0.15) is 0 Å². The molecule has 106 valence electrons. The molecule has 2 fully saturated rings. The molecule has 0 bridgehead atoms. The Labute approximate surface area is 111 Å². The summed E-state index contributed by atoms with van der Waals surface area (Å²) in [5, 5.41) is 13.1. The van der Waals surface area contributed by atoms with Crippen LogP contribution in [0.4, 0.5) is 0 Å². The van der Waals surface area contributed by atoms with Gasteiger partial charge in [0.1, 0.15) is 0 Å². The largest absolute Gasteiger partial charge is 0.390 e. The van der Waals surface area contributed by atoms with Gasteiger partial charge in [-0.05, 0) is 19.4 Å². The van der Waals surface area contributed by atoms with E-state index in [1.54, 1.807) is 0 Å². The first-order chi connectivity index (χ1) is 8.79. The van der Waals surface area contributed by atoms with E-state index in [1.165, 1.54) is 38.8 Å². The molecule has 0 radical (unpaired) electrons. The molecule has 4 heteroatoms. The molecule has 1 atom stereocenters. The fourth-order valence-electron chi connectivity index (χ4n) is 3.25. The molecule has 2 aliphatic rings. The van der Waals surface area contributed by atoms with E-state index in [0.717, 1.165) is 38.8 Å². The van der Waals surface area contributed by atoms with E-state index in [4.69, 9.17) is 0 Å². The van der Waals surface area contributed by atoms with Gasteiger partial charge in [-0.25, -0.2) is 0 Å². The van der Waals surface area contributed by atoms with E-state index in [0.29, 0.717) is 0 Å². The zero-order valence-corrected chi connectivity index (χ0v) is 11.8. The van der Waals surface area contributed by atoms with E-state index in [2.05, 4.69) is 22.0 Å². The maximum atomic E-state index is 9.89. The van der Waals surface area contributed by atoms with E-state index in [1.807, 2.05) is 0 Å². The zero-order chi connectivity index (χ0) is 12.8. The van der Waals surface area contributed by atoms with Crippen molar-refractivity contribution in [3.8, 4) is 0 Å². The molecule has 0 spiro atoms. The minimum Gasteiger partial charge on any atom is -0.390 e. The Morgan fingerprint density at radius 1 is 1.17 bits per heavy atom. The second-order valence-electron chi connectivity index (χ2n) is 5.74. The molecule has 1 aliphatic heterocycles. The van der Waals surface area contributed by atoms with Crippen molar-refractivity contribution in [2.24, 2.45) is 0 Å². The first kappa shape index (κ1) is 14.3. The molecular formula is C14H29N3O. The van der Waals surface area contributed by atoms with Crippen LogP contribution in [0.2, 0.25) is 0 Å². The van der Waals surface area contributed by atoms with Gasteiger partial charge in [-0.3, -0.25) is 9.80 Å². The highest BCUT2D eigenvalue weighted by atomic mass is 16.3. The van der Waals surface area contributed by atoms with Crippen molar-refractivity contribution in [2.45, 2.75) is 44.8 Å². The molecule has 18 heavy (non-hydrogen) atoms. The third-order valence-electron chi connectivity index (χ3n) is 4.35. The quantitative estimate of drug-likeness (QED) is 0.726. The third-order valence-corrected chi connectivity index (χ3v) is 4.35. The van der Waals surface area contributed by atoms with Crippen molar-refractivity contribution in [3.05, 3.63) is 0 Å². The first-order valence-corrected chi connectivity index (χ1v) is 7.64. The molecule has 1 heterocycles. The van der Waals surface area contributed by atoms with Gasteiger partial charge in [0.2, 0.25) is 0 Å². The maximum absolute atomic E-state index is 9.89. The smallest absolute Gasteiger partial charge is 0.0791 e. The lowest BCUT2D eigenvalue weighted by atomic mass is 10.1. The summed E-state index contributed by atoms with van der Waals surface area (Å²) in [5.74, 6) is 0. The van der Waals surface area contributed by atoms with Gasteiger partial charge in [0.25, 0.3) is 0 Å². The Hall–Kier alpha value is -0.160. The summed E-state index contributed by atoms with van der Waals surface area (Å²) in [6.07, 6.45) is 5.44. The fraction of sp³-hybridized carbons (Fsp3) is 1.00. The number of aliphatic hydroxyl groups is 1. The van der Waals surface area contributed by atoms with Gasteiger partial charge in [-0.1, -0.05) is 19.8 Å². The molecule has 0 aromatic heterocycles. The Kier molecular flexibility index (Phi) is 5.89. The van der Waals surface area contributed by atoms with Crippen LogP contribution in [0, 0.1) is 0 Å². The molecular weight excluding hydrogens is 226 g/mol. The minimum absolute atomic E-state index is 0.219. The van der Waals surface area contributed by atoms with Crippen molar-refractivity contribution >= 4 is 0 Å². The van der Waals surface area contributed by atoms with Crippen LogP contribution < -0.4 is 5.32 Å². The van der Waals surface area contributed by atoms with Crippen LogP contribution in [-0.2, 0) is 0 Å². The fourth-order valence-corrected chi connectivity index (χ4v) is 3.25. The summed E-state index contributed by atoms with van der Waals surface area (Å²) in [4.78, 5) is 5.08. The third kappa shape index (κ3) is 4.19. The molecule has 4 nitrogen and oxygen atoms in total. The normalized spacial score (nSPS) is 25.7. The number of hydrogen-bond acceptors (Lipinski definition) is 4. The summed E-state index contributed by atoms with van der Waals surface area (Å²) < 4.78 is 0. The summed E-state index contributed by atoms with van der Waals surface area (Å²) in [5.41, 5.74) is 0. The highest BCUT2D eigenvalue weighted by Gasteiger charge is 2.26. The number of piperazine rings is 1. The van der Waals surface area contributed by atoms with Crippen LogP contribution in [0.25, 0.3) is 0 Å². The van der Waals surface area contributed by atoms with Crippen molar-refractivity contribution in [1.29, 1.82) is 0 Å². The first-order valence-electron chi connectivity index (χ1n) is 7.64. The maximum Gasteiger partial charge on any atom is 0.0791 e. The van der Waals surface area contributed by atoms with Crippen LogP contribution in [0.15, 0.2) is 0 Å². The second-order valence-corrected chi connectivity index (χ2v) is 5.74. The molecule has 1 saturated heterocycles.